The summed E-state index contributed by atoms with van der Waals surface area (Å²) in [5, 5.41) is 4.59. The summed E-state index contributed by atoms with van der Waals surface area (Å²) in [5.74, 6) is -0.155. The van der Waals surface area contributed by atoms with Crippen molar-refractivity contribution in [3.05, 3.63) is 29.3 Å². The summed E-state index contributed by atoms with van der Waals surface area (Å²) >= 11 is 11.6. The van der Waals surface area contributed by atoms with Crippen LogP contribution in [0.1, 0.15) is 32.1 Å². The molecule has 2 fully saturated rings. The third-order valence-electron chi connectivity index (χ3n) is 5.59. The molecule has 0 bridgehead atoms. The summed E-state index contributed by atoms with van der Waals surface area (Å²) in [6, 6.07) is 7.51. The fourth-order valence-electron chi connectivity index (χ4n) is 4.09. The number of primary amides is 1. The summed E-state index contributed by atoms with van der Waals surface area (Å²) in [6.45, 7) is 3.60. The molecular weight excluding hydrogens is 356 g/mol. The van der Waals surface area contributed by atoms with E-state index in [2.05, 4.69) is 10.2 Å². The van der Waals surface area contributed by atoms with Crippen LogP contribution in [0.3, 0.4) is 0 Å². The van der Waals surface area contributed by atoms with Gasteiger partial charge in [-0.3, -0.25) is 4.79 Å². The average molecular weight is 382 g/mol. The van der Waals surface area contributed by atoms with Crippen LogP contribution in [0, 0.1) is 0 Å². The second-order valence-electron chi connectivity index (χ2n) is 7.04. The van der Waals surface area contributed by atoms with Crippen LogP contribution < -0.4 is 16.0 Å². The molecule has 0 aliphatic carbocycles. The van der Waals surface area contributed by atoms with Crippen LogP contribution in [0.15, 0.2) is 24.3 Å². The van der Waals surface area contributed by atoms with E-state index in [-0.39, 0.29) is 5.91 Å². The van der Waals surface area contributed by atoms with Crippen LogP contribution in [-0.2, 0) is 4.79 Å². The minimum atomic E-state index is -0.428. The molecule has 25 heavy (non-hydrogen) atoms. The molecule has 5 nitrogen and oxygen atoms in total. The van der Waals surface area contributed by atoms with Crippen LogP contribution in [0.25, 0.3) is 0 Å². The number of anilines is 1. The lowest BCUT2D eigenvalue weighted by atomic mass is 9.83. The monoisotopic (exact) mass is 381 g/mol. The molecule has 3 rings (SSSR count). The lowest BCUT2D eigenvalue weighted by molar-refractivity contribution is -0.948. The van der Waals surface area contributed by atoms with Gasteiger partial charge < -0.3 is 20.9 Å². The van der Waals surface area contributed by atoms with E-state index in [4.69, 9.17) is 29.6 Å². The van der Waals surface area contributed by atoms with Crippen molar-refractivity contribution >= 4 is 40.5 Å². The number of thiocarbonyl (C=S) groups is 1. The number of quaternary nitrogens is 1. The third-order valence-corrected chi connectivity index (χ3v) is 6.18. The van der Waals surface area contributed by atoms with Crippen LogP contribution in [0.4, 0.5) is 5.69 Å². The van der Waals surface area contributed by atoms with Crippen molar-refractivity contribution in [1.82, 2.24) is 4.90 Å². The molecule has 2 saturated heterocycles. The number of carbonyl (C=O) groups is 1. The molecule has 0 spiro atoms. The number of piperidine rings is 2. The van der Waals surface area contributed by atoms with E-state index < -0.39 is 5.54 Å². The van der Waals surface area contributed by atoms with Gasteiger partial charge in [0.05, 0.1) is 13.1 Å². The Labute approximate surface area is 159 Å². The molecule has 1 amide bonds. The van der Waals surface area contributed by atoms with Gasteiger partial charge in [-0.05, 0) is 49.7 Å². The number of benzene rings is 1. The van der Waals surface area contributed by atoms with E-state index in [0.29, 0.717) is 10.1 Å². The Morgan fingerprint density at radius 3 is 2.52 bits per heavy atom. The number of amides is 1. The molecule has 0 saturated carbocycles. The van der Waals surface area contributed by atoms with Crippen LogP contribution in [-0.4, -0.2) is 47.6 Å². The zero-order chi connectivity index (χ0) is 17.9. The summed E-state index contributed by atoms with van der Waals surface area (Å²) in [6.07, 6.45) is 5.15. The second-order valence-corrected chi connectivity index (χ2v) is 7.86. The summed E-state index contributed by atoms with van der Waals surface area (Å²) < 4.78 is 0. The molecule has 136 valence electrons. The Balaban J connectivity index is 1.63. The first-order valence-electron chi connectivity index (χ1n) is 8.98. The maximum Gasteiger partial charge on any atom is 0.278 e. The number of nitrogens with two attached hydrogens (primary N) is 1. The molecule has 2 aliphatic heterocycles. The standard InChI is InChI=1S/C18H25ClN4OS/c19-14-5-4-6-15(13-14)21-17(25)22-11-7-18(8-12-22,16(20)24)23-9-2-1-3-10-23/h4-6,13H,1-3,7-12H2,(H2,20,24)(H,21,25)/p+1. The van der Waals surface area contributed by atoms with Crippen LogP contribution in [0.5, 0.6) is 0 Å². The quantitative estimate of drug-likeness (QED) is 0.693. The molecule has 0 unspecified atom stereocenters. The fraction of sp³-hybridized carbons (Fsp3) is 0.556. The van der Waals surface area contributed by atoms with Crippen molar-refractivity contribution in [2.45, 2.75) is 37.6 Å². The van der Waals surface area contributed by atoms with Gasteiger partial charge >= 0.3 is 0 Å². The van der Waals surface area contributed by atoms with Crippen molar-refractivity contribution in [2.24, 2.45) is 5.73 Å². The first-order valence-corrected chi connectivity index (χ1v) is 9.76. The molecule has 4 N–H and O–H groups in total. The molecule has 2 heterocycles. The molecule has 1 aromatic rings. The molecule has 0 atom stereocenters. The van der Waals surface area contributed by atoms with Gasteiger partial charge in [0.1, 0.15) is 0 Å². The number of hydrogen-bond donors (Lipinski definition) is 3. The SMILES string of the molecule is NC(=O)C1([NH+]2CCCCC2)CCN(C(=S)Nc2cccc(Cl)c2)CC1. The minimum absolute atomic E-state index is 0.155. The predicted molar refractivity (Wildman–Crippen MR) is 105 cm³/mol. The van der Waals surface area contributed by atoms with Gasteiger partial charge in [0.2, 0.25) is 0 Å². The summed E-state index contributed by atoms with van der Waals surface area (Å²) in [5.41, 5.74) is 6.31. The lowest BCUT2D eigenvalue weighted by Crippen LogP contribution is -3.22. The Morgan fingerprint density at radius 1 is 1.24 bits per heavy atom. The number of rotatable bonds is 3. The van der Waals surface area contributed by atoms with Crippen LogP contribution >= 0.6 is 23.8 Å². The number of likely N-dealkylation sites (tertiary alicyclic amines) is 2. The highest BCUT2D eigenvalue weighted by Crippen LogP contribution is 2.22. The van der Waals surface area contributed by atoms with Crippen molar-refractivity contribution in [3.63, 3.8) is 0 Å². The summed E-state index contributed by atoms with van der Waals surface area (Å²) in [7, 11) is 0. The van der Waals surface area contributed by atoms with Gasteiger partial charge in [-0.2, -0.15) is 0 Å². The van der Waals surface area contributed by atoms with E-state index in [1.165, 1.54) is 24.2 Å². The number of nitrogens with one attached hydrogen (secondary N) is 2. The zero-order valence-electron chi connectivity index (χ0n) is 14.4. The molecule has 2 aliphatic rings. The molecule has 0 radical (unpaired) electrons. The van der Waals surface area contributed by atoms with Crippen molar-refractivity contribution in [2.75, 3.05) is 31.5 Å². The van der Waals surface area contributed by atoms with Gasteiger partial charge in [0, 0.05) is 36.6 Å². The third kappa shape index (κ3) is 4.07. The Kier molecular flexibility index (Phi) is 5.81. The maximum absolute atomic E-state index is 12.3. The van der Waals surface area contributed by atoms with E-state index in [1.54, 1.807) is 0 Å². The lowest BCUT2D eigenvalue weighted by Gasteiger charge is -2.45. The zero-order valence-corrected chi connectivity index (χ0v) is 16.0. The van der Waals surface area contributed by atoms with E-state index in [9.17, 15) is 4.79 Å². The Morgan fingerprint density at radius 2 is 1.92 bits per heavy atom. The molecule has 1 aromatic carbocycles. The van der Waals surface area contributed by atoms with Gasteiger partial charge in [-0.25, -0.2) is 0 Å². The highest BCUT2D eigenvalue weighted by atomic mass is 35.5. The number of halogens is 1. The normalized spacial score (nSPS) is 20.9. The van der Waals surface area contributed by atoms with E-state index in [1.807, 2.05) is 24.3 Å². The largest absolute Gasteiger partial charge is 0.364 e. The van der Waals surface area contributed by atoms with Gasteiger partial charge in [-0.1, -0.05) is 17.7 Å². The van der Waals surface area contributed by atoms with Crippen molar-refractivity contribution in [1.29, 1.82) is 0 Å². The van der Waals surface area contributed by atoms with Crippen molar-refractivity contribution in [3.8, 4) is 0 Å². The smallest absolute Gasteiger partial charge is 0.278 e. The number of carbonyl (C=O) groups excluding carboxylic acids is 1. The highest BCUT2D eigenvalue weighted by Gasteiger charge is 2.49. The number of hydrogen-bond acceptors (Lipinski definition) is 2. The molecular formula is C18H26ClN4OS+. The van der Waals surface area contributed by atoms with Crippen molar-refractivity contribution < 1.29 is 9.69 Å². The topological polar surface area (TPSA) is 62.8 Å². The summed E-state index contributed by atoms with van der Waals surface area (Å²) in [4.78, 5) is 15.8. The van der Waals surface area contributed by atoms with E-state index >= 15 is 0 Å². The fourth-order valence-corrected chi connectivity index (χ4v) is 4.58. The predicted octanol–water partition coefficient (Wildman–Crippen LogP) is 1.43. The second kappa shape index (κ2) is 7.89. The highest BCUT2D eigenvalue weighted by molar-refractivity contribution is 7.80. The first kappa shape index (κ1) is 18.4. The van der Waals surface area contributed by atoms with Gasteiger partial charge in [0.25, 0.3) is 5.91 Å². The molecule has 7 heteroatoms. The Hall–Kier alpha value is -1.37. The average Bonchev–Trinajstić information content (AvgIpc) is 2.62. The molecule has 0 aromatic heterocycles. The first-order chi connectivity index (χ1) is 12.0. The van der Waals surface area contributed by atoms with Gasteiger partial charge in [-0.15, -0.1) is 0 Å². The van der Waals surface area contributed by atoms with Crippen LogP contribution in [0.2, 0.25) is 5.02 Å². The Bertz CT molecular complexity index is 640. The van der Waals surface area contributed by atoms with E-state index in [0.717, 1.165) is 44.7 Å². The minimum Gasteiger partial charge on any atom is -0.364 e. The van der Waals surface area contributed by atoms with Gasteiger partial charge in [0.15, 0.2) is 10.7 Å². The maximum atomic E-state index is 12.3. The number of nitrogens with zero attached hydrogens (tertiary/aromatic N) is 1.